The number of rotatable bonds is 3. The summed E-state index contributed by atoms with van der Waals surface area (Å²) in [5.74, 6) is 0.887. The second-order valence-corrected chi connectivity index (χ2v) is 2.27. The van der Waals surface area contributed by atoms with Gasteiger partial charge in [0.2, 0.25) is 0 Å². The van der Waals surface area contributed by atoms with Gasteiger partial charge >= 0.3 is 0 Å². The topological polar surface area (TPSA) is 21.3 Å². The molecule has 1 aromatic carbocycles. The van der Waals surface area contributed by atoms with Crippen molar-refractivity contribution in [1.82, 2.24) is 5.32 Å². The monoisotopic (exact) mass is 239 g/mol. The molecule has 2 nitrogen and oxygen atoms in total. The van der Waals surface area contributed by atoms with Crippen molar-refractivity contribution in [3.63, 3.8) is 0 Å². The van der Waals surface area contributed by atoms with E-state index in [4.69, 9.17) is 4.74 Å². The second-order valence-electron chi connectivity index (χ2n) is 2.27. The predicted octanol–water partition coefficient (Wildman–Crippen LogP) is 1.57. The first-order valence-electron chi connectivity index (χ1n) is 3.49. The largest absolute Gasteiger partial charge is 0.497 e. The Bertz CT molecular complexity index is 210. The molecule has 0 fully saturated rings. The minimum absolute atomic E-state index is 0. The average Bonchev–Trinajstić information content (AvgIpc) is 2.07. The van der Waals surface area contributed by atoms with Gasteiger partial charge in [0.25, 0.3) is 0 Å². The average molecular weight is 239 g/mol. The van der Waals surface area contributed by atoms with Crippen molar-refractivity contribution in [2.75, 3.05) is 7.11 Å². The molecule has 3 heteroatoms. The number of nitrogens with one attached hydrogen (secondary N) is 1. The molecule has 1 aromatic rings. The zero-order valence-corrected chi connectivity index (χ0v) is 10.0. The van der Waals surface area contributed by atoms with Crippen LogP contribution in [-0.4, -0.2) is 7.11 Å². The maximum absolute atomic E-state index is 5.01. The molecule has 0 saturated carbocycles. The first-order chi connectivity index (χ1) is 5.36. The van der Waals surface area contributed by atoms with E-state index in [0.29, 0.717) is 0 Å². The Hall–Kier alpha value is 0.0839. The zero-order valence-electron chi connectivity index (χ0n) is 7.21. The first-order valence-corrected chi connectivity index (χ1v) is 3.49. The van der Waals surface area contributed by atoms with Gasteiger partial charge in [0.05, 0.1) is 7.11 Å². The zero-order chi connectivity index (χ0) is 8.10. The summed E-state index contributed by atoms with van der Waals surface area (Å²) in [4.78, 5) is 0. The van der Waals surface area contributed by atoms with Gasteiger partial charge in [-0.3, -0.25) is 7.05 Å². The van der Waals surface area contributed by atoms with Crippen molar-refractivity contribution in [2.45, 2.75) is 6.54 Å². The molecule has 1 radical (unpaired) electrons. The van der Waals surface area contributed by atoms with Crippen LogP contribution >= 0.6 is 0 Å². The van der Waals surface area contributed by atoms with Gasteiger partial charge < -0.3 is 10.1 Å². The number of hydrogen-bond donors (Lipinski definition) is 1. The smallest absolute Gasteiger partial charge is 0.118 e. The van der Waals surface area contributed by atoms with E-state index in [1.807, 2.05) is 24.3 Å². The van der Waals surface area contributed by atoms with Crippen LogP contribution in [0.5, 0.6) is 5.75 Å². The maximum Gasteiger partial charge on any atom is 0.118 e. The molecular formula is C9H12NOY-. The fraction of sp³-hybridized carbons (Fsp3) is 0.222. The molecule has 0 amide bonds. The summed E-state index contributed by atoms with van der Waals surface area (Å²) < 4.78 is 5.01. The maximum atomic E-state index is 5.01. The molecule has 0 bridgehead atoms. The Kier molecular flexibility index (Phi) is 6.63. The van der Waals surface area contributed by atoms with Gasteiger partial charge in [0.15, 0.2) is 0 Å². The van der Waals surface area contributed by atoms with Crippen LogP contribution in [0.3, 0.4) is 0 Å². The fourth-order valence-corrected chi connectivity index (χ4v) is 0.888. The molecule has 12 heavy (non-hydrogen) atoms. The van der Waals surface area contributed by atoms with Crippen molar-refractivity contribution in [3.8, 4) is 5.75 Å². The summed E-state index contributed by atoms with van der Waals surface area (Å²) in [5, 5.41) is 2.83. The molecule has 0 saturated heterocycles. The molecule has 0 aliphatic carbocycles. The minimum Gasteiger partial charge on any atom is -0.497 e. The molecule has 1 N–H and O–H groups in total. The van der Waals surface area contributed by atoms with E-state index >= 15 is 0 Å². The molecule has 1 rings (SSSR count). The van der Waals surface area contributed by atoms with Crippen LogP contribution < -0.4 is 10.1 Å². The van der Waals surface area contributed by atoms with Crippen LogP contribution in [0, 0.1) is 7.05 Å². The van der Waals surface area contributed by atoms with E-state index in [0.717, 1.165) is 12.3 Å². The summed E-state index contributed by atoms with van der Waals surface area (Å²) in [6.07, 6.45) is 0. The molecule has 0 aromatic heterocycles. The Labute approximate surface area is 98.6 Å². The van der Waals surface area contributed by atoms with E-state index in [9.17, 15) is 0 Å². The molecule has 0 atom stereocenters. The van der Waals surface area contributed by atoms with Crippen LogP contribution in [0.4, 0.5) is 0 Å². The number of benzene rings is 1. The van der Waals surface area contributed by atoms with Gasteiger partial charge in [-0.25, -0.2) is 0 Å². The molecule has 0 aliphatic rings. The van der Waals surface area contributed by atoms with E-state index < -0.39 is 0 Å². The summed E-state index contributed by atoms with van der Waals surface area (Å²) in [5.41, 5.74) is 1.21. The quantitative estimate of drug-likeness (QED) is 0.808. The summed E-state index contributed by atoms with van der Waals surface area (Å²) in [6, 6.07) is 7.90. The molecule has 0 spiro atoms. The predicted molar refractivity (Wildman–Crippen MR) is 45.2 cm³/mol. The second kappa shape index (κ2) is 6.58. The van der Waals surface area contributed by atoms with Crippen molar-refractivity contribution in [1.29, 1.82) is 0 Å². The Morgan fingerprint density at radius 3 is 2.33 bits per heavy atom. The fourth-order valence-electron chi connectivity index (χ4n) is 0.888. The third-order valence-electron chi connectivity index (χ3n) is 1.49. The molecule has 0 aliphatic heterocycles. The summed E-state index contributed by atoms with van der Waals surface area (Å²) in [7, 11) is 5.20. The van der Waals surface area contributed by atoms with Crippen LogP contribution in [-0.2, 0) is 39.3 Å². The van der Waals surface area contributed by atoms with Crippen LogP contribution in [0.25, 0.3) is 0 Å². The van der Waals surface area contributed by atoms with Crippen LogP contribution in [0.15, 0.2) is 24.3 Å². The Balaban J connectivity index is 0.00000121. The molecular weight excluding hydrogens is 227 g/mol. The van der Waals surface area contributed by atoms with Gasteiger partial charge in [-0.2, -0.15) is 0 Å². The van der Waals surface area contributed by atoms with Crippen molar-refractivity contribution < 1.29 is 37.4 Å². The number of ether oxygens (including phenoxy) is 1. The van der Waals surface area contributed by atoms with E-state index in [1.54, 1.807) is 7.11 Å². The van der Waals surface area contributed by atoms with E-state index in [2.05, 4.69) is 12.4 Å². The normalized spacial score (nSPS) is 8.83. The van der Waals surface area contributed by atoms with Gasteiger partial charge in [0.1, 0.15) is 5.75 Å². The van der Waals surface area contributed by atoms with E-state index in [1.165, 1.54) is 5.56 Å². The van der Waals surface area contributed by atoms with Gasteiger partial charge in [0, 0.05) is 32.7 Å². The van der Waals surface area contributed by atoms with Crippen LogP contribution in [0.1, 0.15) is 5.56 Å². The third-order valence-corrected chi connectivity index (χ3v) is 1.49. The summed E-state index contributed by atoms with van der Waals surface area (Å²) in [6.45, 7) is 0.796. The first kappa shape index (κ1) is 12.1. The van der Waals surface area contributed by atoms with Crippen molar-refractivity contribution in [3.05, 3.63) is 36.9 Å². The van der Waals surface area contributed by atoms with Crippen molar-refractivity contribution in [2.24, 2.45) is 0 Å². The van der Waals surface area contributed by atoms with Crippen molar-refractivity contribution >= 4 is 0 Å². The SMILES string of the molecule is [CH2-]NCc1ccc(OC)cc1.[Y]. The third kappa shape index (κ3) is 3.66. The minimum atomic E-state index is 0. The van der Waals surface area contributed by atoms with E-state index in [-0.39, 0.29) is 32.7 Å². The molecule has 0 heterocycles. The number of methoxy groups -OCH3 is 1. The molecule has 63 valence electrons. The standard InChI is InChI=1S/C9H12NO.Y/c1-10-7-8-3-5-9(11-2)6-4-8;/h3-6,10H,1,7H2,2H3;/q-1;. The van der Waals surface area contributed by atoms with Gasteiger partial charge in [-0.1, -0.05) is 12.1 Å². The summed E-state index contributed by atoms with van der Waals surface area (Å²) >= 11 is 0. The van der Waals surface area contributed by atoms with Gasteiger partial charge in [-0.05, 0) is 24.2 Å². The van der Waals surface area contributed by atoms with Gasteiger partial charge in [-0.15, -0.1) is 0 Å². The molecule has 0 unspecified atom stereocenters. The Morgan fingerprint density at radius 1 is 1.33 bits per heavy atom. The Morgan fingerprint density at radius 2 is 1.92 bits per heavy atom. The van der Waals surface area contributed by atoms with Crippen LogP contribution in [0.2, 0.25) is 0 Å². The number of hydrogen-bond acceptors (Lipinski definition) is 2.